The molecular formula is C22H37NO4S. The number of thioether (sulfide) groups is 1. The zero-order valence-corrected chi connectivity index (χ0v) is 18.5. The van der Waals surface area contributed by atoms with Gasteiger partial charge in [-0.3, -0.25) is 5.32 Å². The number of amides is 1. The molecule has 0 aliphatic rings. The van der Waals surface area contributed by atoms with Crippen LogP contribution in [0.2, 0.25) is 0 Å². The SMILES string of the molecule is C#C/C(C(=O)O)=C(/NC(=O)OC(C)CCCCCC)SCCCCCCCC. The molecule has 5 nitrogen and oxygen atoms in total. The summed E-state index contributed by atoms with van der Waals surface area (Å²) in [6.07, 6.45) is 16.6. The molecule has 0 radical (unpaired) electrons. The van der Waals surface area contributed by atoms with Crippen LogP contribution in [0.25, 0.3) is 0 Å². The van der Waals surface area contributed by atoms with Gasteiger partial charge in [0.1, 0.15) is 16.7 Å². The molecule has 160 valence electrons. The topological polar surface area (TPSA) is 75.6 Å². The smallest absolute Gasteiger partial charge is 0.412 e. The number of carboxylic acid groups (broad SMARTS) is 1. The van der Waals surface area contributed by atoms with Gasteiger partial charge in [-0.1, -0.05) is 71.1 Å². The third kappa shape index (κ3) is 13.5. The Bertz CT molecular complexity index is 525. The lowest BCUT2D eigenvalue weighted by molar-refractivity contribution is -0.132. The van der Waals surface area contributed by atoms with Gasteiger partial charge in [-0.25, -0.2) is 9.59 Å². The number of rotatable bonds is 16. The Morgan fingerprint density at radius 3 is 2.18 bits per heavy atom. The molecule has 0 aromatic carbocycles. The largest absolute Gasteiger partial charge is 0.477 e. The lowest BCUT2D eigenvalue weighted by Crippen LogP contribution is -2.28. The van der Waals surface area contributed by atoms with E-state index in [1.165, 1.54) is 43.9 Å². The lowest BCUT2D eigenvalue weighted by Gasteiger charge is -2.16. The van der Waals surface area contributed by atoms with E-state index in [4.69, 9.17) is 11.2 Å². The van der Waals surface area contributed by atoms with Gasteiger partial charge in [0.2, 0.25) is 0 Å². The van der Waals surface area contributed by atoms with Crippen molar-refractivity contribution < 1.29 is 19.4 Å². The minimum absolute atomic E-state index is 0.187. The summed E-state index contributed by atoms with van der Waals surface area (Å²) in [5, 5.41) is 12.0. The second-order valence-electron chi connectivity index (χ2n) is 6.96. The second-order valence-corrected chi connectivity index (χ2v) is 8.07. The summed E-state index contributed by atoms with van der Waals surface area (Å²) in [4.78, 5) is 23.5. The van der Waals surface area contributed by atoms with Gasteiger partial charge in [0.05, 0.1) is 0 Å². The van der Waals surface area contributed by atoms with E-state index in [9.17, 15) is 14.7 Å². The van der Waals surface area contributed by atoms with E-state index in [0.717, 1.165) is 38.5 Å². The summed E-state index contributed by atoms with van der Waals surface area (Å²) >= 11 is 1.27. The Kier molecular flexibility index (Phi) is 16.5. The Morgan fingerprint density at radius 1 is 1.04 bits per heavy atom. The molecule has 0 bridgehead atoms. The van der Waals surface area contributed by atoms with Crippen molar-refractivity contribution >= 4 is 23.8 Å². The average Bonchev–Trinajstić information content (AvgIpc) is 2.64. The molecule has 28 heavy (non-hydrogen) atoms. The predicted octanol–water partition coefficient (Wildman–Crippen LogP) is 6.09. The van der Waals surface area contributed by atoms with Gasteiger partial charge in [0, 0.05) is 0 Å². The van der Waals surface area contributed by atoms with Crippen LogP contribution in [0.15, 0.2) is 10.6 Å². The van der Waals surface area contributed by atoms with Gasteiger partial charge in [0.25, 0.3) is 0 Å². The van der Waals surface area contributed by atoms with Crippen molar-refractivity contribution in [3.63, 3.8) is 0 Å². The first kappa shape index (κ1) is 26.4. The van der Waals surface area contributed by atoms with E-state index in [1.54, 1.807) is 0 Å². The number of hydrogen-bond donors (Lipinski definition) is 2. The molecule has 0 aromatic heterocycles. The van der Waals surface area contributed by atoms with Crippen molar-refractivity contribution in [2.75, 3.05) is 5.75 Å². The van der Waals surface area contributed by atoms with Crippen LogP contribution in [0.3, 0.4) is 0 Å². The van der Waals surface area contributed by atoms with Crippen molar-refractivity contribution in [2.45, 2.75) is 97.5 Å². The highest BCUT2D eigenvalue weighted by Crippen LogP contribution is 2.20. The Labute approximate surface area is 175 Å². The highest BCUT2D eigenvalue weighted by Gasteiger charge is 2.17. The molecule has 0 rings (SSSR count). The molecule has 0 saturated heterocycles. The van der Waals surface area contributed by atoms with Crippen LogP contribution in [0.5, 0.6) is 0 Å². The highest BCUT2D eigenvalue weighted by molar-refractivity contribution is 8.03. The van der Waals surface area contributed by atoms with Crippen LogP contribution >= 0.6 is 11.8 Å². The van der Waals surface area contributed by atoms with Crippen molar-refractivity contribution in [1.82, 2.24) is 5.32 Å². The third-order valence-electron chi connectivity index (χ3n) is 4.32. The minimum Gasteiger partial charge on any atom is -0.477 e. The van der Waals surface area contributed by atoms with Gasteiger partial charge in [-0.15, -0.1) is 18.2 Å². The highest BCUT2D eigenvalue weighted by atomic mass is 32.2. The summed E-state index contributed by atoms with van der Waals surface area (Å²) in [6, 6.07) is 0. The summed E-state index contributed by atoms with van der Waals surface area (Å²) in [5.74, 6) is 1.65. The van der Waals surface area contributed by atoms with E-state index in [-0.39, 0.29) is 16.7 Å². The van der Waals surface area contributed by atoms with Crippen molar-refractivity contribution in [3.8, 4) is 12.3 Å². The quantitative estimate of drug-likeness (QED) is 0.182. The maximum absolute atomic E-state index is 12.2. The Balaban J connectivity index is 4.56. The maximum Gasteiger partial charge on any atom is 0.412 e. The number of nitrogens with one attached hydrogen (secondary N) is 1. The average molecular weight is 412 g/mol. The normalized spacial score (nSPS) is 12.6. The standard InChI is InChI=1S/C22H37NO4S/c1-5-8-10-12-13-15-17-28-20(19(7-3)21(24)25)23-22(26)27-18(4)16-14-11-9-6-2/h3,18H,5-6,8-17H2,1-2,4H3,(H,23,26)(H,24,25)/b20-19+. The van der Waals surface area contributed by atoms with Crippen LogP contribution < -0.4 is 5.32 Å². The molecular weight excluding hydrogens is 374 g/mol. The van der Waals surface area contributed by atoms with E-state index < -0.39 is 12.1 Å². The van der Waals surface area contributed by atoms with Gasteiger partial charge in [-0.05, 0) is 31.9 Å². The summed E-state index contributed by atoms with van der Waals surface area (Å²) in [5.41, 5.74) is -0.233. The number of hydrogen-bond acceptors (Lipinski definition) is 4. The molecule has 0 aliphatic carbocycles. The molecule has 0 heterocycles. The summed E-state index contributed by atoms with van der Waals surface area (Å²) in [7, 11) is 0. The predicted molar refractivity (Wildman–Crippen MR) is 117 cm³/mol. The molecule has 0 aliphatic heterocycles. The first-order valence-electron chi connectivity index (χ1n) is 10.5. The van der Waals surface area contributed by atoms with Crippen LogP contribution in [0, 0.1) is 12.3 Å². The zero-order valence-electron chi connectivity index (χ0n) is 17.7. The molecule has 0 fully saturated rings. The van der Waals surface area contributed by atoms with Gasteiger partial charge >= 0.3 is 12.1 Å². The number of carbonyl (C=O) groups is 2. The molecule has 0 saturated carbocycles. The maximum atomic E-state index is 12.2. The number of alkyl carbamates (subject to hydrolysis) is 1. The van der Waals surface area contributed by atoms with Gasteiger partial charge in [0.15, 0.2) is 0 Å². The number of terminal acetylenes is 1. The number of unbranched alkanes of at least 4 members (excludes halogenated alkanes) is 8. The van der Waals surface area contributed by atoms with E-state index in [0.29, 0.717) is 5.75 Å². The van der Waals surface area contributed by atoms with Crippen molar-refractivity contribution in [2.24, 2.45) is 0 Å². The Morgan fingerprint density at radius 2 is 1.61 bits per heavy atom. The molecule has 0 aromatic rings. The zero-order chi connectivity index (χ0) is 21.2. The molecule has 1 unspecified atom stereocenters. The van der Waals surface area contributed by atoms with Crippen LogP contribution in [0.1, 0.15) is 91.4 Å². The van der Waals surface area contributed by atoms with Crippen LogP contribution in [-0.4, -0.2) is 29.0 Å². The monoisotopic (exact) mass is 411 g/mol. The minimum atomic E-state index is -1.22. The second kappa shape index (κ2) is 17.5. The van der Waals surface area contributed by atoms with Gasteiger partial charge < -0.3 is 9.84 Å². The fourth-order valence-corrected chi connectivity index (χ4v) is 3.67. The molecule has 2 N–H and O–H groups in total. The van der Waals surface area contributed by atoms with Crippen molar-refractivity contribution in [3.05, 3.63) is 10.6 Å². The number of carboxylic acids is 1. The summed E-state index contributed by atoms with van der Waals surface area (Å²) in [6.45, 7) is 6.17. The van der Waals surface area contributed by atoms with Gasteiger partial charge in [-0.2, -0.15) is 0 Å². The third-order valence-corrected chi connectivity index (χ3v) is 5.41. The van der Waals surface area contributed by atoms with Crippen molar-refractivity contribution in [1.29, 1.82) is 0 Å². The van der Waals surface area contributed by atoms with Crippen LogP contribution in [-0.2, 0) is 9.53 Å². The number of aliphatic carboxylic acids is 1. The molecule has 6 heteroatoms. The number of carbonyl (C=O) groups excluding carboxylic acids is 1. The fourth-order valence-electron chi connectivity index (χ4n) is 2.67. The number of ether oxygens (including phenoxy) is 1. The van der Waals surface area contributed by atoms with E-state index >= 15 is 0 Å². The van der Waals surface area contributed by atoms with E-state index in [2.05, 4.69) is 25.1 Å². The van der Waals surface area contributed by atoms with E-state index in [1.807, 2.05) is 6.92 Å². The Hall–Kier alpha value is -1.61. The molecule has 0 spiro atoms. The lowest BCUT2D eigenvalue weighted by atomic mass is 10.1. The fraction of sp³-hybridized carbons (Fsp3) is 0.727. The van der Waals surface area contributed by atoms with Crippen LogP contribution in [0.4, 0.5) is 4.79 Å². The summed E-state index contributed by atoms with van der Waals surface area (Å²) < 4.78 is 5.35. The first-order valence-corrected chi connectivity index (χ1v) is 11.5. The molecule has 1 amide bonds. The first-order chi connectivity index (χ1) is 13.5. The molecule has 1 atom stereocenters.